The van der Waals surface area contributed by atoms with Crippen LogP contribution < -0.4 is 0 Å². The SMILES string of the molecule is c1ccc(-c2cc(-c3ccccc3)nc(-c3cc(-c4ccc(-c5cnccn5)cc4)cc(-c4ccc(-c5ncccn5)cc4)c3)n2)cc1.c1ccc(-c2cc(-c3ccccc3)nc(-c3cc(-c4ccc(-c5ncccn5)cc4)cc(-c4cc5ccccc5c5ccccc45)c3)n2)cc1.c1ccc(-c2nc(-c3ccccc3)nc(-c3cc(-c4ccc(-c5ccccn5)cc4)cc(-c4c5ccccc5cc5ccccc45)c3)n2)cc1. The van der Waals surface area contributed by atoms with E-state index in [0.717, 1.165) is 162 Å². The van der Waals surface area contributed by atoms with Crippen molar-refractivity contribution in [1.82, 2.24) is 69.8 Å². The first-order valence-electron chi connectivity index (χ1n) is 49.1. The summed E-state index contributed by atoms with van der Waals surface area (Å²) in [5, 5.41) is 9.68. The molecule has 0 radical (unpaired) electrons. The van der Waals surface area contributed by atoms with Gasteiger partial charge in [-0.3, -0.25) is 15.0 Å². The zero-order chi connectivity index (χ0) is 98.7. The zero-order valence-corrected chi connectivity index (χ0v) is 80.1. The van der Waals surface area contributed by atoms with E-state index in [9.17, 15) is 0 Å². The molecule has 7 aromatic heterocycles. The van der Waals surface area contributed by atoms with Gasteiger partial charge in [-0.25, -0.2) is 54.8 Å². The molecule has 148 heavy (non-hydrogen) atoms. The molecule has 0 saturated heterocycles. The highest BCUT2D eigenvalue weighted by Crippen LogP contribution is 2.45. The maximum absolute atomic E-state index is 5.21. The van der Waals surface area contributed by atoms with Gasteiger partial charge in [0.15, 0.2) is 40.8 Å². The molecule has 0 spiro atoms. The van der Waals surface area contributed by atoms with Crippen molar-refractivity contribution in [3.05, 3.63) is 535 Å². The molecular weight excluding hydrogens is 1810 g/mol. The maximum Gasteiger partial charge on any atom is 0.164 e. The van der Waals surface area contributed by atoms with Gasteiger partial charge in [0.2, 0.25) is 0 Å². The second-order valence-electron chi connectivity index (χ2n) is 36.0. The van der Waals surface area contributed by atoms with Gasteiger partial charge >= 0.3 is 0 Å². The highest BCUT2D eigenvalue weighted by atomic mass is 15.0. The molecule has 7 heterocycles. The Morgan fingerprint density at radius 3 is 0.797 bits per heavy atom. The average molecular weight is 1890 g/mol. The zero-order valence-electron chi connectivity index (χ0n) is 80.1. The van der Waals surface area contributed by atoms with Crippen LogP contribution >= 0.6 is 0 Å². The molecule has 694 valence electrons. The van der Waals surface area contributed by atoms with Crippen molar-refractivity contribution in [3.63, 3.8) is 0 Å². The van der Waals surface area contributed by atoms with Gasteiger partial charge < -0.3 is 0 Å². The topological polar surface area (TPSA) is 180 Å². The molecule has 0 N–H and O–H groups in total. The van der Waals surface area contributed by atoms with E-state index in [4.69, 9.17) is 34.9 Å². The maximum atomic E-state index is 5.21. The van der Waals surface area contributed by atoms with Crippen molar-refractivity contribution in [3.8, 4) is 214 Å². The van der Waals surface area contributed by atoms with E-state index in [1.54, 1.807) is 43.4 Å². The third kappa shape index (κ3) is 19.6. The molecule has 0 fully saturated rings. The van der Waals surface area contributed by atoms with Crippen molar-refractivity contribution < 1.29 is 0 Å². The van der Waals surface area contributed by atoms with Crippen LogP contribution in [0.3, 0.4) is 0 Å². The van der Waals surface area contributed by atoms with Crippen LogP contribution in [-0.2, 0) is 0 Å². The third-order valence-electron chi connectivity index (χ3n) is 26.5. The van der Waals surface area contributed by atoms with Crippen molar-refractivity contribution in [1.29, 1.82) is 0 Å². The molecule has 0 atom stereocenters. The minimum Gasteiger partial charge on any atom is -0.261 e. The minimum absolute atomic E-state index is 0.621. The van der Waals surface area contributed by atoms with Gasteiger partial charge in [-0.2, -0.15) is 0 Å². The summed E-state index contributed by atoms with van der Waals surface area (Å²) in [5.41, 5.74) is 31.2. The average Bonchev–Trinajstić information content (AvgIpc) is 0.753. The lowest BCUT2D eigenvalue weighted by Gasteiger charge is -2.16. The van der Waals surface area contributed by atoms with Crippen molar-refractivity contribution in [2.75, 3.05) is 0 Å². The molecule has 26 aromatic rings. The largest absolute Gasteiger partial charge is 0.261 e. The first kappa shape index (κ1) is 90.3. The fourth-order valence-electron chi connectivity index (χ4n) is 19.1. The first-order chi connectivity index (χ1) is 73.3. The summed E-state index contributed by atoms with van der Waals surface area (Å²) < 4.78 is 0. The van der Waals surface area contributed by atoms with Gasteiger partial charge in [-0.1, -0.05) is 382 Å². The number of hydrogen-bond donors (Lipinski definition) is 0. The van der Waals surface area contributed by atoms with E-state index in [2.05, 4.69) is 356 Å². The summed E-state index contributed by atoms with van der Waals surface area (Å²) >= 11 is 0. The van der Waals surface area contributed by atoms with E-state index < -0.39 is 0 Å². The van der Waals surface area contributed by atoms with Gasteiger partial charge in [0, 0.05) is 116 Å². The predicted octanol–water partition coefficient (Wildman–Crippen LogP) is 32.9. The Balaban J connectivity index is 0.000000119. The van der Waals surface area contributed by atoms with Crippen LogP contribution in [0, 0.1) is 0 Å². The summed E-state index contributed by atoms with van der Waals surface area (Å²) in [5.74, 6) is 4.62. The van der Waals surface area contributed by atoms with E-state index in [-0.39, 0.29) is 0 Å². The van der Waals surface area contributed by atoms with E-state index >= 15 is 0 Å². The minimum atomic E-state index is 0.621. The van der Waals surface area contributed by atoms with Crippen LogP contribution in [0.5, 0.6) is 0 Å². The monoisotopic (exact) mass is 1890 g/mol. The lowest BCUT2D eigenvalue weighted by Crippen LogP contribution is -2.00. The molecule has 14 nitrogen and oxygen atoms in total. The van der Waals surface area contributed by atoms with E-state index in [0.29, 0.717) is 40.8 Å². The standard InChI is InChI=1S/2C46H30N4.C42H28N6/c1-3-13-33(14-4-1)44-48-45(34-15-5-2-6-16-34)50-46(49-44)39-29-37(31-22-24-32(25-23-31)42-21-11-12-26-47-42)28-38(30-39)43-40-19-9-7-17-35(40)27-36-18-8-10-20-41(36)43;1-3-12-32(13-4-1)43-30-44(33-14-5-2-6-15-33)50-46(49-43)38-27-36(31-20-22-34(23-21-31)45-47-24-11-25-48-45)26-37(28-38)42-29-35-16-7-8-17-39(35)40-18-9-10-19-41(40)42;1-3-8-31(9-4-1)38-27-39(32-10-5-2-6-11-32)48-42(47-38)37-25-35(29-12-16-33(17-13-29)40-28-43-22-23-44-40)24-36(26-37)30-14-18-34(19-15-30)41-45-20-7-21-46-41/h2*1-30H;1-28H. The molecule has 0 bridgehead atoms. The Hall–Kier alpha value is -20.2. The fourth-order valence-corrected chi connectivity index (χ4v) is 19.1. The molecular formula is C134H88N14. The quantitative estimate of drug-likeness (QED) is 0.0551. The molecule has 0 amide bonds. The second kappa shape index (κ2) is 41.5. The van der Waals surface area contributed by atoms with E-state index in [1.165, 1.54) is 54.2 Å². The highest BCUT2D eigenvalue weighted by Gasteiger charge is 2.23. The molecule has 0 aliphatic carbocycles. The predicted molar refractivity (Wildman–Crippen MR) is 602 cm³/mol. The van der Waals surface area contributed by atoms with Gasteiger partial charge in [-0.05, 0) is 213 Å². The number of rotatable bonds is 19. The summed E-state index contributed by atoms with van der Waals surface area (Å²) in [6.45, 7) is 0. The number of fused-ring (bicyclic) bond motifs is 5. The number of pyridine rings is 1. The van der Waals surface area contributed by atoms with Crippen LogP contribution in [0.15, 0.2) is 535 Å². The smallest absolute Gasteiger partial charge is 0.164 e. The number of hydrogen-bond acceptors (Lipinski definition) is 14. The second-order valence-corrected chi connectivity index (χ2v) is 36.0. The summed E-state index contributed by atoms with van der Waals surface area (Å²) in [6, 6.07) is 168. The van der Waals surface area contributed by atoms with Gasteiger partial charge in [-0.15, -0.1) is 0 Å². The Kier molecular flexibility index (Phi) is 25.3. The number of nitrogens with zero attached hydrogens (tertiary/aromatic N) is 14. The van der Waals surface area contributed by atoms with Crippen LogP contribution in [0.25, 0.3) is 257 Å². The van der Waals surface area contributed by atoms with Crippen molar-refractivity contribution >= 4 is 43.1 Å². The lowest BCUT2D eigenvalue weighted by atomic mass is 9.89. The number of aromatic nitrogens is 14. The van der Waals surface area contributed by atoms with Crippen LogP contribution in [-0.4, -0.2) is 69.8 Å². The fraction of sp³-hybridized carbons (Fsp3) is 0. The summed E-state index contributed by atoms with van der Waals surface area (Å²) in [4.78, 5) is 66.9. The van der Waals surface area contributed by atoms with Crippen LogP contribution in [0.2, 0.25) is 0 Å². The Bertz CT molecular complexity index is 8900. The number of benzene rings is 19. The highest BCUT2D eigenvalue weighted by molar-refractivity contribution is 6.15. The molecule has 0 aliphatic heterocycles. The Morgan fingerprint density at radius 1 is 0.122 bits per heavy atom. The summed E-state index contributed by atoms with van der Waals surface area (Å²) in [7, 11) is 0. The Labute approximate surface area is 855 Å². The van der Waals surface area contributed by atoms with Crippen molar-refractivity contribution in [2.45, 2.75) is 0 Å². The van der Waals surface area contributed by atoms with Crippen molar-refractivity contribution in [2.24, 2.45) is 0 Å². The van der Waals surface area contributed by atoms with Gasteiger partial charge in [0.25, 0.3) is 0 Å². The normalized spacial score (nSPS) is 11.1. The van der Waals surface area contributed by atoms with Crippen LogP contribution in [0.4, 0.5) is 0 Å². The molecule has 0 unspecified atom stereocenters. The third-order valence-corrected chi connectivity index (χ3v) is 26.5. The first-order valence-corrected chi connectivity index (χ1v) is 49.1. The summed E-state index contributed by atoms with van der Waals surface area (Å²) in [6.07, 6.45) is 14.1. The lowest BCUT2D eigenvalue weighted by molar-refractivity contribution is 1.07. The molecule has 19 aromatic carbocycles. The molecule has 26 rings (SSSR count). The molecule has 0 aliphatic rings. The van der Waals surface area contributed by atoms with Gasteiger partial charge in [0.05, 0.1) is 40.4 Å². The van der Waals surface area contributed by atoms with Crippen LogP contribution in [0.1, 0.15) is 0 Å². The Morgan fingerprint density at radius 2 is 0.399 bits per heavy atom. The molecule has 0 saturated carbocycles. The van der Waals surface area contributed by atoms with E-state index in [1.807, 2.05) is 170 Å². The molecule has 14 heteroatoms. The van der Waals surface area contributed by atoms with Gasteiger partial charge in [0.1, 0.15) is 0 Å².